The van der Waals surface area contributed by atoms with E-state index in [1.54, 1.807) is 6.08 Å². The van der Waals surface area contributed by atoms with Crippen LogP contribution >= 0.6 is 0 Å². The van der Waals surface area contributed by atoms with Gasteiger partial charge in [0.05, 0.1) is 0 Å². The summed E-state index contributed by atoms with van der Waals surface area (Å²) in [6, 6.07) is 27.8. The molecule has 27 heavy (non-hydrogen) atoms. The van der Waals surface area contributed by atoms with Crippen LogP contribution in [0.1, 0.15) is 12.0 Å². The maximum absolute atomic E-state index is 12.1. The number of carbonyl (C=O) groups is 1. The van der Waals surface area contributed by atoms with Crippen molar-refractivity contribution in [3.63, 3.8) is 0 Å². The van der Waals surface area contributed by atoms with E-state index in [0.29, 0.717) is 6.42 Å². The van der Waals surface area contributed by atoms with Gasteiger partial charge >= 0.3 is 0 Å². The summed E-state index contributed by atoms with van der Waals surface area (Å²) in [7, 11) is -2.13. The number of hydrogen-bond acceptors (Lipinski definition) is 1. The van der Waals surface area contributed by atoms with Crippen molar-refractivity contribution < 1.29 is 4.79 Å². The Hall–Kier alpha value is -2.97. The summed E-state index contributed by atoms with van der Waals surface area (Å²) in [4.78, 5) is 12.1. The van der Waals surface area contributed by atoms with Gasteiger partial charge in [-0.25, -0.2) is 0 Å². The molecule has 0 radical (unpaired) electrons. The van der Waals surface area contributed by atoms with Crippen molar-refractivity contribution in [2.24, 2.45) is 0 Å². The Bertz CT molecular complexity index is 1150. The molecule has 0 aromatic heterocycles. The number of rotatable bonds is 0. The third-order valence-electron chi connectivity index (χ3n) is 6.44. The molecule has 6 rings (SSSR count). The molecule has 1 aliphatic carbocycles. The van der Waals surface area contributed by atoms with E-state index in [2.05, 4.69) is 78.9 Å². The van der Waals surface area contributed by atoms with Crippen LogP contribution < -0.4 is 15.6 Å². The molecule has 0 unspecified atom stereocenters. The van der Waals surface area contributed by atoms with Crippen molar-refractivity contribution in [2.45, 2.75) is 12.5 Å². The zero-order valence-corrected chi connectivity index (χ0v) is 15.9. The van der Waals surface area contributed by atoms with Gasteiger partial charge in [0.2, 0.25) is 0 Å². The topological polar surface area (TPSA) is 17.1 Å². The number of ketones is 1. The Labute approximate surface area is 159 Å². The highest BCUT2D eigenvalue weighted by Gasteiger charge is 2.50. The third kappa shape index (κ3) is 1.86. The molecule has 2 heteroatoms. The quantitative estimate of drug-likeness (QED) is 0.560. The van der Waals surface area contributed by atoms with Gasteiger partial charge in [-0.05, 0) is 55.5 Å². The molecule has 0 bridgehead atoms. The standard InChI is InChI=1S/C25H18OSi/c26-18-14-13-17-16-27(25-12-6-3-9-21(25)22(17)15-18)23-10-4-1-7-19(23)20-8-2-5-11-24(20)27/h1-14H,15-16H2. The molecule has 1 nitrogen and oxygen atoms in total. The Morgan fingerprint density at radius 1 is 0.630 bits per heavy atom. The zero-order valence-electron chi connectivity index (χ0n) is 14.9. The van der Waals surface area contributed by atoms with E-state index in [9.17, 15) is 4.79 Å². The molecule has 0 saturated carbocycles. The van der Waals surface area contributed by atoms with Crippen LogP contribution in [0.25, 0.3) is 16.7 Å². The van der Waals surface area contributed by atoms with E-state index < -0.39 is 8.07 Å². The predicted octanol–water partition coefficient (Wildman–Crippen LogP) is 3.43. The van der Waals surface area contributed by atoms with Gasteiger partial charge in [-0.2, -0.15) is 0 Å². The lowest BCUT2D eigenvalue weighted by Gasteiger charge is -2.38. The van der Waals surface area contributed by atoms with Crippen molar-refractivity contribution in [3.8, 4) is 11.1 Å². The maximum atomic E-state index is 12.1. The fraction of sp³-hybridized carbons (Fsp3) is 0.0800. The van der Waals surface area contributed by atoms with Crippen molar-refractivity contribution in [1.29, 1.82) is 0 Å². The van der Waals surface area contributed by atoms with Crippen LogP contribution in [0, 0.1) is 0 Å². The second kappa shape index (κ2) is 5.27. The highest BCUT2D eigenvalue weighted by molar-refractivity contribution is 7.15. The molecule has 0 amide bonds. The Kier molecular flexibility index (Phi) is 2.95. The lowest BCUT2D eigenvalue weighted by Crippen LogP contribution is -2.66. The van der Waals surface area contributed by atoms with E-state index in [-0.39, 0.29) is 5.78 Å². The first-order valence-electron chi connectivity index (χ1n) is 9.51. The summed E-state index contributed by atoms with van der Waals surface area (Å²) < 4.78 is 0. The van der Waals surface area contributed by atoms with Crippen molar-refractivity contribution in [3.05, 3.63) is 96.1 Å². The van der Waals surface area contributed by atoms with Crippen LogP contribution in [-0.2, 0) is 4.79 Å². The minimum atomic E-state index is -2.13. The fourth-order valence-corrected chi connectivity index (χ4v) is 10.9. The lowest BCUT2D eigenvalue weighted by molar-refractivity contribution is -0.113. The third-order valence-corrected chi connectivity index (χ3v) is 11.4. The second-order valence-electron chi connectivity index (χ2n) is 7.70. The van der Waals surface area contributed by atoms with Crippen LogP contribution in [0.3, 0.4) is 0 Å². The molecule has 2 heterocycles. The predicted molar refractivity (Wildman–Crippen MR) is 113 cm³/mol. The summed E-state index contributed by atoms with van der Waals surface area (Å²) in [5.74, 6) is 0.216. The van der Waals surface area contributed by atoms with Crippen LogP contribution in [0.5, 0.6) is 0 Å². The first kappa shape index (κ1) is 15.1. The fourth-order valence-electron chi connectivity index (χ4n) is 5.38. The molecule has 3 aromatic carbocycles. The summed E-state index contributed by atoms with van der Waals surface area (Å²) in [6.45, 7) is 0. The van der Waals surface area contributed by atoms with Crippen LogP contribution in [-0.4, -0.2) is 13.9 Å². The van der Waals surface area contributed by atoms with E-state index in [1.807, 2.05) is 0 Å². The number of allylic oxidation sites excluding steroid dienone is 4. The van der Waals surface area contributed by atoms with Crippen molar-refractivity contribution in [2.75, 3.05) is 0 Å². The van der Waals surface area contributed by atoms with Gasteiger partial charge in [-0.1, -0.05) is 78.9 Å². The van der Waals surface area contributed by atoms with Crippen LogP contribution in [0.2, 0.25) is 6.04 Å². The number of benzene rings is 3. The maximum Gasteiger partial charge on any atom is 0.160 e. The Morgan fingerprint density at radius 3 is 1.78 bits per heavy atom. The number of fused-ring (bicyclic) bond motifs is 8. The first-order valence-corrected chi connectivity index (χ1v) is 11.7. The molecule has 128 valence electrons. The molecule has 3 aliphatic rings. The molecular formula is C25H18OSi. The first-order chi connectivity index (χ1) is 13.3. The summed E-state index contributed by atoms with van der Waals surface area (Å²) in [5.41, 5.74) is 6.71. The largest absolute Gasteiger partial charge is 0.294 e. The second-order valence-corrected chi connectivity index (χ2v) is 11.5. The van der Waals surface area contributed by atoms with E-state index >= 15 is 0 Å². The van der Waals surface area contributed by atoms with Gasteiger partial charge in [0.1, 0.15) is 0 Å². The van der Waals surface area contributed by atoms with Crippen molar-refractivity contribution in [1.82, 2.24) is 0 Å². The summed E-state index contributed by atoms with van der Waals surface area (Å²) >= 11 is 0. The van der Waals surface area contributed by atoms with E-state index in [4.69, 9.17) is 0 Å². The van der Waals surface area contributed by atoms with Gasteiger partial charge < -0.3 is 0 Å². The van der Waals surface area contributed by atoms with Crippen molar-refractivity contribution >= 4 is 35.0 Å². The zero-order chi connectivity index (χ0) is 18.0. The SMILES string of the molecule is O=C1C=CC2=C(C1)c1ccccc1[Si]1(C2)c2ccccc2-c2ccccc21. The Balaban J connectivity index is 1.74. The molecule has 0 saturated heterocycles. The summed E-state index contributed by atoms with van der Waals surface area (Å²) in [5, 5.41) is 4.52. The number of hydrogen-bond donors (Lipinski definition) is 0. The molecule has 2 aliphatic heterocycles. The van der Waals surface area contributed by atoms with Gasteiger partial charge in [0.15, 0.2) is 13.9 Å². The number of carbonyl (C=O) groups excluding carboxylic acids is 1. The Morgan fingerprint density at radius 2 is 1.15 bits per heavy atom. The average Bonchev–Trinajstić information content (AvgIpc) is 3.00. The monoisotopic (exact) mass is 362 g/mol. The molecule has 0 atom stereocenters. The highest BCUT2D eigenvalue weighted by Crippen LogP contribution is 2.40. The highest BCUT2D eigenvalue weighted by atomic mass is 28.3. The van der Waals surface area contributed by atoms with E-state index in [0.717, 1.165) is 6.04 Å². The lowest BCUT2D eigenvalue weighted by atomic mass is 9.91. The van der Waals surface area contributed by atoms with Gasteiger partial charge in [0.25, 0.3) is 0 Å². The minimum absolute atomic E-state index is 0.216. The average molecular weight is 363 g/mol. The van der Waals surface area contributed by atoms with Gasteiger partial charge in [-0.15, -0.1) is 0 Å². The normalized spacial score (nSPS) is 18.1. The minimum Gasteiger partial charge on any atom is -0.294 e. The van der Waals surface area contributed by atoms with Gasteiger partial charge in [0, 0.05) is 6.42 Å². The molecule has 0 N–H and O–H groups in total. The summed E-state index contributed by atoms with van der Waals surface area (Å²) in [6.07, 6.45) is 4.41. The molecule has 3 aromatic rings. The van der Waals surface area contributed by atoms with Crippen LogP contribution in [0.4, 0.5) is 0 Å². The smallest absolute Gasteiger partial charge is 0.160 e. The van der Waals surface area contributed by atoms with E-state index in [1.165, 1.54) is 43.4 Å². The molecular weight excluding hydrogens is 344 g/mol. The molecule has 0 fully saturated rings. The van der Waals surface area contributed by atoms with Crippen LogP contribution in [0.15, 0.2) is 90.5 Å². The molecule has 1 spiro atoms. The van der Waals surface area contributed by atoms with Gasteiger partial charge in [-0.3, -0.25) is 4.79 Å².